The van der Waals surface area contributed by atoms with Crippen molar-refractivity contribution in [2.24, 2.45) is 5.73 Å². The molecule has 4 N–H and O–H groups in total. The van der Waals surface area contributed by atoms with Gasteiger partial charge in [0.05, 0.1) is 0 Å². The number of carbonyl (C=O) groups excluding carboxylic acids is 2. The molecule has 0 heterocycles. The second-order valence-corrected chi connectivity index (χ2v) is 3.22. The molecule has 1 aromatic rings. The molecular formula is C12H12N2O3. The van der Waals surface area contributed by atoms with Gasteiger partial charge < -0.3 is 5.73 Å². The van der Waals surface area contributed by atoms with Gasteiger partial charge in [0.15, 0.2) is 0 Å². The highest BCUT2D eigenvalue weighted by atomic mass is 16.5. The first-order valence-corrected chi connectivity index (χ1v) is 4.81. The number of primary amides is 1. The summed E-state index contributed by atoms with van der Waals surface area (Å²) >= 11 is 0. The number of amides is 2. The lowest BCUT2D eigenvalue weighted by Crippen LogP contribution is -2.14. The van der Waals surface area contributed by atoms with Crippen LogP contribution in [0.15, 0.2) is 36.4 Å². The lowest BCUT2D eigenvalue weighted by Gasteiger charge is -1.96. The Morgan fingerprint density at radius 1 is 1.18 bits per heavy atom. The van der Waals surface area contributed by atoms with Crippen molar-refractivity contribution in [1.29, 1.82) is 0 Å². The van der Waals surface area contributed by atoms with Crippen molar-refractivity contribution < 1.29 is 14.8 Å². The van der Waals surface area contributed by atoms with Gasteiger partial charge in [-0.1, -0.05) is 18.2 Å². The maximum Gasteiger partial charge on any atom is 0.267 e. The van der Waals surface area contributed by atoms with Gasteiger partial charge in [-0.3, -0.25) is 14.8 Å². The van der Waals surface area contributed by atoms with E-state index >= 15 is 0 Å². The summed E-state index contributed by atoms with van der Waals surface area (Å²) in [6.07, 6.45) is 5.55. The van der Waals surface area contributed by atoms with Crippen LogP contribution in [0.5, 0.6) is 0 Å². The lowest BCUT2D eigenvalue weighted by atomic mass is 10.1. The van der Waals surface area contributed by atoms with Crippen LogP contribution in [0.4, 0.5) is 0 Å². The fourth-order valence-electron chi connectivity index (χ4n) is 1.15. The highest BCUT2D eigenvalue weighted by Gasteiger charge is 1.93. The Labute approximate surface area is 98.2 Å². The summed E-state index contributed by atoms with van der Waals surface area (Å²) in [5, 5.41) is 8.30. The van der Waals surface area contributed by atoms with Crippen LogP contribution < -0.4 is 11.2 Å². The molecule has 0 bridgehead atoms. The molecule has 5 heteroatoms. The average molecular weight is 232 g/mol. The van der Waals surface area contributed by atoms with Gasteiger partial charge in [0.1, 0.15) is 0 Å². The van der Waals surface area contributed by atoms with Crippen molar-refractivity contribution in [1.82, 2.24) is 5.48 Å². The molecule has 1 rings (SSSR count). The molecule has 0 fully saturated rings. The number of nitrogens with two attached hydrogens (primary N) is 1. The van der Waals surface area contributed by atoms with Gasteiger partial charge in [-0.15, -0.1) is 0 Å². The van der Waals surface area contributed by atoms with E-state index in [0.29, 0.717) is 0 Å². The van der Waals surface area contributed by atoms with Crippen molar-refractivity contribution in [2.75, 3.05) is 0 Å². The zero-order valence-corrected chi connectivity index (χ0v) is 8.96. The molecule has 0 aliphatic rings. The Kier molecular flexibility index (Phi) is 4.65. The maximum absolute atomic E-state index is 10.8. The van der Waals surface area contributed by atoms with Crippen LogP contribution in [0.25, 0.3) is 12.2 Å². The molecule has 0 radical (unpaired) electrons. The van der Waals surface area contributed by atoms with E-state index in [2.05, 4.69) is 0 Å². The molecular weight excluding hydrogens is 220 g/mol. The van der Waals surface area contributed by atoms with E-state index in [1.807, 2.05) is 0 Å². The van der Waals surface area contributed by atoms with Crippen LogP contribution in [0.3, 0.4) is 0 Å². The van der Waals surface area contributed by atoms with Gasteiger partial charge in [-0.05, 0) is 29.3 Å². The fraction of sp³-hybridized carbons (Fsp3) is 0. The van der Waals surface area contributed by atoms with Gasteiger partial charge in [0.2, 0.25) is 5.91 Å². The summed E-state index contributed by atoms with van der Waals surface area (Å²) < 4.78 is 0. The quantitative estimate of drug-likeness (QED) is 0.405. The van der Waals surface area contributed by atoms with Crippen molar-refractivity contribution in [3.8, 4) is 0 Å². The molecule has 0 saturated heterocycles. The Bertz CT molecular complexity index is 478. The lowest BCUT2D eigenvalue weighted by molar-refractivity contribution is -0.124. The Morgan fingerprint density at radius 3 is 2.29 bits per heavy atom. The number of hydroxylamine groups is 1. The standard InChI is InChI=1S/C12H12N2O3/c13-11(15)6-4-9-2-1-3-10(8-9)5-7-12(16)14-17/h1-8,17H,(H2,13,15)(H,14,16)/b6-4+,7-5+. The van der Waals surface area contributed by atoms with E-state index in [-0.39, 0.29) is 0 Å². The van der Waals surface area contributed by atoms with Crippen molar-refractivity contribution in [3.63, 3.8) is 0 Å². The molecule has 88 valence electrons. The third-order valence-electron chi connectivity index (χ3n) is 1.89. The minimum atomic E-state index is -0.608. The Morgan fingerprint density at radius 2 is 1.76 bits per heavy atom. The zero-order valence-electron chi connectivity index (χ0n) is 8.96. The number of rotatable bonds is 4. The molecule has 1 aromatic carbocycles. The molecule has 0 saturated carbocycles. The minimum absolute atomic E-state index is 0.523. The molecule has 2 amide bonds. The summed E-state index contributed by atoms with van der Waals surface area (Å²) in [5.74, 6) is -1.13. The summed E-state index contributed by atoms with van der Waals surface area (Å²) in [7, 11) is 0. The van der Waals surface area contributed by atoms with Gasteiger partial charge in [-0.2, -0.15) is 0 Å². The molecule has 0 unspecified atom stereocenters. The SMILES string of the molecule is NC(=O)/C=C/c1cccc(/C=C/C(=O)NO)c1. The molecule has 0 atom stereocenters. The molecule has 17 heavy (non-hydrogen) atoms. The van der Waals surface area contributed by atoms with E-state index < -0.39 is 11.8 Å². The van der Waals surface area contributed by atoms with Gasteiger partial charge in [0, 0.05) is 12.2 Å². The predicted octanol–water partition coefficient (Wildman–Crippen LogP) is 0.704. The smallest absolute Gasteiger partial charge is 0.267 e. The van der Waals surface area contributed by atoms with E-state index in [1.54, 1.807) is 30.3 Å². The zero-order chi connectivity index (χ0) is 12.7. The third-order valence-corrected chi connectivity index (χ3v) is 1.89. The summed E-state index contributed by atoms with van der Waals surface area (Å²) in [4.78, 5) is 21.3. The van der Waals surface area contributed by atoms with Crippen LogP contribution >= 0.6 is 0 Å². The number of benzene rings is 1. The minimum Gasteiger partial charge on any atom is -0.366 e. The van der Waals surface area contributed by atoms with Crippen molar-refractivity contribution in [3.05, 3.63) is 47.5 Å². The maximum atomic E-state index is 10.8. The Balaban J connectivity index is 2.82. The third kappa shape index (κ3) is 4.76. The van der Waals surface area contributed by atoms with E-state index in [4.69, 9.17) is 10.9 Å². The van der Waals surface area contributed by atoms with E-state index in [1.165, 1.54) is 23.7 Å². The molecule has 0 aliphatic heterocycles. The molecule has 0 aromatic heterocycles. The second kappa shape index (κ2) is 6.24. The number of carbonyl (C=O) groups is 2. The first-order valence-electron chi connectivity index (χ1n) is 4.81. The normalized spacial score (nSPS) is 10.9. The van der Waals surface area contributed by atoms with Crippen LogP contribution in [-0.4, -0.2) is 17.0 Å². The highest BCUT2D eigenvalue weighted by molar-refractivity contribution is 5.91. The van der Waals surface area contributed by atoms with E-state index in [0.717, 1.165) is 11.1 Å². The summed E-state index contributed by atoms with van der Waals surface area (Å²) in [5.41, 5.74) is 8.01. The summed E-state index contributed by atoms with van der Waals surface area (Å²) in [6, 6.07) is 7.11. The van der Waals surface area contributed by atoms with Gasteiger partial charge in [0.25, 0.3) is 5.91 Å². The van der Waals surface area contributed by atoms with Gasteiger partial charge >= 0.3 is 0 Å². The summed E-state index contributed by atoms with van der Waals surface area (Å²) in [6.45, 7) is 0. The first-order chi connectivity index (χ1) is 8.11. The van der Waals surface area contributed by atoms with E-state index in [9.17, 15) is 9.59 Å². The fourth-order valence-corrected chi connectivity index (χ4v) is 1.15. The molecule has 0 aliphatic carbocycles. The first kappa shape index (κ1) is 12.7. The number of hydrogen-bond acceptors (Lipinski definition) is 3. The molecule has 0 spiro atoms. The van der Waals surface area contributed by atoms with Crippen molar-refractivity contribution in [2.45, 2.75) is 0 Å². The van der Waals surface area contributed by atoms with Crippen LogP contribution in [0, 0.1) is 0 Å². The number of hydrogen-bond donors (Lipinski definition) is 3. The largest absolute Gasteiger partial charge is 0.366 e. The monoisotopic (exact) mass is 232 g/mol. The number of nitrogens with one attached hydrogen (secondary N) is 1. The van der Waals surface area contributed by atoms with Crippen molar-refractivity contribution >= 4 is 24.0 Å². The molecule has 5 nitrogen and oxygen atoms in total. The topological polar surface area (TPSA) is 92.4 Å². The van der Waals surface area contributed by atoms with Gasteiger partial charge in [-0.25, -0.2) is 5.48 Å². The van der Waals surface area contributed by atoms with Crippen LogP contribution in [0.1, 0.15) is 11.1 Å². The van der Waals surface area contributed by atoms with Crippen LogP contribution in [-0.2, 0) is 9.59 Å². The second-order valence-electron chi connectivity index (χ2n) is 3.22. The average Bonchev–Trinajstić information content (AvgIpc) is 2.34. The predicted molar refractivity (Wildman–Crippen MR) is 63.6 cm³/mol. The highest BCUT2D eigenvalue weighted by Crippen LogP contribution is 2.08. The van der Waals surface area contributed by atoms with Crippen LogP contribution in [0.2, 0.25) is 0 Å². The Hall–Kier alpha value is -2.40.